The molecule has 1 unspecified atom stereocenters. The Balaban J connectivity index is 1.93. The molecule has 3 rings (SSSR count). The molecule has 112 valence electrons. The number of aromatic nitrogens is 2. The van der Waals surface area contributed by atoms with Crippen LogP contribution in [0.25, 0.3) is 4.96 Å². The van der Waals surface area contributed by atoms with Crippen molar-refractivity contribution < 1.29 is 19.1 Å². The number of hydrogen-bond acceptors (Lipinski definition) is 6. The predicted octanol–water partition coefficient (Wildman–Crippen LogP) is 1.48. The first-order valence-corrected chi connectivity index (χ1v) is 7.73. The fourth-order valence-electron chi connectivity index (χ4n) is 2.57. The summed E-state index contributed by atoms with van der Waals surface area (Å²) in [5.41, 5.74) is -0.549. The fourth-order valence-corrected chi connectivity index (χ4v) is 3.28. The minimum absolute atomic E-state index is 0.0653. The molecule has 0 N–H and O–H groups in total. The Kier molecular flexibility index (Phi) is 3.77. The molecule has 7 heteroatoms. The first kappa shape index (κ1) is 14.2. The number of Topliss-reactive ketones (excluding diaryl/α,β-unsaturated/α-hetero) is 1. The average Bonchev–Trinajstić information content (AvgIpc) is 3.02. The number of carbonyl (C=O) groups is 2. The zero-order valence-electron chi connectivity index (χ0n) is 11.7. The zero-order chi connectivity index (χ0) is 14.9. The van der Waals surface area contributed by atoms with E-state index < -0.39 is 11.4 Å². The molecule has 6 nitrogen and oxygen atoms in total. The number of rotatable bonds is 4. The summed E-state index contributed by atoms with van der Waals surface area (Å²) in [6.07, 6.45) is 4.20. The number of carbonyl (C=O) groups excluding carboxylic acids is 2. The van der Waals surface area contributed by atoms with Crippen molar-refractivity contribution in [2.75, 3.05) is 19.8 Å². The predicted molar refractivity (Wildman–Crippen MR) is 76.3 cm³/mol. The normalized spacial score (nSPS) is 22.6. The lowest BCUT2D eigenvalue weighted by atomic mass is 9.77. The minimum atomic E-state index is -1.25. The molecule has 1 aliphatic heterocycles. The van der Waals surface area contributed by atoms with E-state index in [0.29, 0.717) is 12.3 Å². The third-order valence-electron chi connectivity index (χ3n) is 3.65. The summed E-state index contributed by atoms with van der Waals surface area (Å²) in [6.45, 7) is 2.40. The van der Waals surface area contributed by atoms with Crippen LogP contribution in [0, 0.1) is 5.41 Å². The highest BCUT2D eigenvalue weighted by atomic mass is 32.1. The molecule has 1 saturated heterocycles. The number of hydrogen-bond donors (Lipinski definition) is 0. The average molecular weight is 308 g/mol. The maximum absolute atomic E-state index is 12.4. The lowest BCUT2D eigenvalue weighted by Gasteiger charge is -2.32. The quantitative estimate of drug-likeness (QED) is 0.632. The summed E-state index contributed by atoms with van der Waals surface area (Å²) < 4.78 is 12.4. The van der Waals surface area contributed by atoms with Gasteiger partial charge in [-0.3, -0.25) is 14.0 Å². The second-order valence-corrected chi connectivity index (χ2v) is 5.90. The van der Waals surface area contributed by atoms with Gasteiger partial charge >= 0.3 is 5.97 Å². The molecule has 1 atom stereocenters. The molecule has 1 aliphatic rings. The van der Waals surface area contributed by atoms with E-state index in [1.807, 2.05) is 22.2 Å². The van der Waals surface area contributed by atoms with Crippen LogP contribution in [0.2, 0.25) is 0 Å². The summed E-state index contributed by atoms with van der Waals surface area (Å²) in [5, 5.41) is 1.93. The van der Waals surface area contributed by atoms with Gasteiger partial charge in [0.15, 0.2) is 16.2 Å². The highest BCUT2D eigenvalue weighted by Gasteiger charge is 2.49. The molecule has 2 aromatic rings. The van der Waals surface area contributed by atoms with Gasteiger partial charge in [-0.05, 0) is 6.92 Å². The number of imidazole rings is 1. The van der Waals surface area contributed by atoms with Crippen molar-refractivity contribution in [3.63, 3.8) is 0 Å². The number of esters is 1. The first-order chi connectivity index (χ1) is 10.2. The summed E-state index contributed by atoms with van der Waals surface area (Å²) in [4.78, 5) is 30.0. The molecule has 0 aromatic carbocycles. The van der Waals surface area contributed by atoms with E-state index in [2.05, 4.69) is 4.98 Å². The fraction of sp³-hybridized carbons (Fsp3) is 0.500. The zero-order valence-corrected chi connectivity index (χ0v) is 12.5. The van der Waals surface area contributed by atoms with Gasteiger partial charge in [0.1, 0.15) is 0 Å². The molecule has 3 heterocycles. The second-order valence-electron chi connectivity index (χ2n) is 5.03. The molecule has 1 fully saturated rings. The van der Waals surface area contributed by atoms with Gasteiger partial charge in [-0.2, -0.15) is 0 Å². The Morgan fingerprint density at radius 2 is 2.48 bits per heavy atom. The van der Waals surface area contributed by atoms with Gasteiger partial charge in [-0.25, -0.2) is 4.98 Å². The van der Waals surface area contributed by atoms with Crippen LogP contribution < -0.4 is 0 Å². The Labute approximate surface area is 125 Å². The van der Waals surface area contributed by atoms with E-state index in [-0.39, 0.29) is 31.8 Å². The summed E-state index contributed by atoms with van der Waals surface area (Å²) in [5.74, 6) is -0.630. The Bertz CT molecular complexity index is 649. The van der Waals surface area contributed by atoms with Crippen LogP contribution in [0.4, 0.5) is 0 Å². The molecule has 0 amide bonds. The van der Waals surface area contributed by atoms with Crippen LogP contribution in [0.1, 0.15) is 19.0 Å². The Hall–Kier alpha value is -1.73. The molecule has 21 heavy (non-hydrogen) atoms. The minimum Gasteiger partial charge on any atom is -0.465 e. The van der Waals surface area contributed by atoms with Gasteiger partial charge in [0.05, 0.1) is 25.5 Å². The van der Waals surface area contributed by atoms with Gasteiger partial charge in [0, 0.05) is 30.6 Å². The first-order valence-electron chi connectivity index (χ1n) is 6.85. The highest BCUT2D eigenvalue weighted by Crippen LogP contribution is 2.31. The standard InChI is InChI=1S/C14H16N2O4S/c1-2-20-12(18)14(9-19-5-3-11(14)17)7-10-8-16-4-6-21-13(16)15-10/h4,6,8H,2-3,5,7,9H2,1H3. The van der Waals surface area contributed by atoms with Crippen LogP contribution in [0.5, 0.6) is 0 Å². The molecular formula is C14H16N2O4S. The summed E-state index contributed by atoms with van der Waals surface area (Å²) in [6, 6.07) is 0. The number of ketones is 1. The third-order valence-corrected chi connectivity index (χ3v) is 4.42. The smallest absolute Gasteiger partial charge is 0.322 e. The number of ether oxygens (including phenoxy) is 2. The molecule has 0 spiro atoms. The number of thiazole rings is 1. The van der Waals surface area contributed by atoms with E-state index in [1.54, 1.807) is 6.92 Å². The van der Waals surface area contributed by atoms with E-state index in [9.17, 15) is 9.59 Å². The Morgan fingerprint density at radius 3 is 3.19 bits per heavy atom. The van der Waals surface area contributed by atoms with Gasteiger partial charge < -0.3 is 9.47 Å². The van der Waals surface area contributed by atoms with E-state index in [1.165, 1.54) is 11.3 Å². The van der Waals surface area contributed by atoms with Crippen LogP contribution in [-0.4, -0.2) is 41.0 Å². The van der Waals surface area contributed by atoms with Gasteiger partial charge in [0.2, 0.25) is 0 Å². The molecular weight excluding hydrogens is 292 g/mol. The molecule has 0 bridgehead atoms. The number of nitrogens with zero attached hydrogens (tertiary/aromatic N) is 2. The lowest BCUT2D eigenvalue weighted by molar-refractivity contribution is -0.169. The van der Waals surface area contributed by atoms with Crippen molar-refractivity contribution in [3.05, 3.63) is 23.5 Å². The highest BCUT2D eigenvalue weighted by molar-refractivity contribution is 7.15. The number of fused-ring (bicyclic) bond motifs is 1. The van der Waals surface area contributed by atoms with Crippen LogP contribution in [0.15, 0.2) is 17.8 Å². The monoisotopic (exact) mass is 308 g/mol. The van der Waals surface area contributed by atoms with Crippen LogP contribution >= 0.6 is 11.3 Å². The van der Waals surface area contributed by atoms with E-state index in [0.717, 1.165) is 4.96 Å². The van der Waals surface area contributed by atoms with Crippen molar-refractivity contribution in [1.82, 2.24) is 9.38 Å². The van der Waals surface area contributed by atoms with Gasteiger partial charge in [-0.1, -0.05) is 0 Å². The molecule has 0 saturated carbocycles. The Morgan fingerprint density at radius 1 is 1.62 bits per heavy atom. The van der Waals surface area contributed by atoms with Gasteiger partial charge in [-0.15, -0.1) is 11.3 Å². The topological polar surface area (TPSA) is 69.9 Å². The summed E-state index contributed by atoms with van der Waals surface area (Å²) in [7, 11) is 0. The van der Waals surface area contributed by atoms with E-state index in [4.69, 9.17) is 9.47 Å². The van der Waals surface area contributed by atoms with Crippen molar-refractivity contribution in [2.24, 2.45) is 5.41 Å². The second kappa shape index (κ2) is 5.57. The van der Waals surface area contributed by atoms with Crippen molar-refractivity contribution in [1.29, 1.82) is 0 Å². The van der Waals surface area contributed by atoms with Crippen molar-refractivity contribution in [3.8, 4) is 0 Å². The molecule has 2 aromatic heterocycles. The van der Waals surface area contributed by atoms with E-state index >= 15 is 0 Å². The van der Waals surface area contributed by atoms with Crippen LogP contribution in [-0.2, 0) is 25.5 Å². The van der Waals surface area contributed by atoms with Crippen LogP contribution in [0.3, 0.4) is 0 Å². The SMILES string of the molecule is CCOC(=O)C1(Cc2cn3ccsc3n2)COCCC1=O. The molecule has 0 radical (unpaired) electrons. The lowest BCUT2D eigenvalue weighted by Crippen LogP contribution is -2.49. The maximum atomic E-state index is 12.4. The van der Waals surface area contributed by atoms with Gasteiger partial charge in [0.25, 0.3) is 0 Å². The van der Waals surface area contributed by atoms with Crippen molar-refractivity contribution in [2.45, 2.75) is 19.8 Å². The largest absolute Gasteiger partial charge is 0.465 e. The maximum Gasteiger partial charge on any atom is 0.322 e. The summed E-state index contributed by atoms with van der Waals surface area (Å²) >= 11 is 1.51. The van der Waals surface area contributed by atoms with Crippen molar-refractivity contribution >= 4 is 28.1 Å². The third kappa shape index (κ3) is 2.47. The molecule has 0 aliphatic carbocycles.